The SMILES string of the molecule is CN(C)CCNNC(=O)/C=C/c1cnc(N)c2c(-c3ccc(Oc4ccccc4)cc3)csc12. The van der Waals surface area contributed by atoms with Crippen molar-refractivity contribution in [3.05, 3.63) is 77.8 Å². The summed E-state index contributed by atoms with van der Waals surface area (Å²) >= 11 is 1.58. The minimum Gasteiger partial charge on any atom is -0.457 e. The van der Waals surface area contributed by atoms with Gasteiger partial charge in [-0.15, -0.1) is 11.3 Å². The number of thiophene rings is 1. The number of fused-ring (bicyclic) bond motifs is 1. The number of nitrogens with one attached hydrogen (secondary N) is 2. The van der Waals surface area contributed by atoms with Crippen molar-refractivity contribution in [2.75, 3.05) is 32.9 Å². The van der Waals surface area contributed by atoms with Crippen LogP contribution in [0.1, 0.15) is 5.56 Å². The third kappa shape index (κ3) is 5.79. The Kier molecular flexibility index (Phi) is 7.54. The predicted molar refractivity (Wildman–Crippen MR) is 140 cm³/mol. The van der Waals surface area contributed by atoms with E-state index in [9.17, 15) is 4.79 Å². The number of ether oxygens (including phenoxy) is 1. The Bertz CT molecular complexity index is 1280. The Morgan fingerprint density at radius 1 is 1.12 bits per heavy atom. The summed E-state index contributed by atoms with van der Waals surface area (Å²) in [7, 11) is 3.95. The summed E-state index contributed by atoms with van der Waals surface area (Å²) in [4.78, 5) is 18.5. The molecule has 2 aromatic heterocycles. The molecule has 0 spiro atoms. The fourth-order valence-corrected chi connectivity index (χ4v) is 4.46. The maximum absolute atomic E-state index is 12.1. The highest BCUT2D eigenvalue weighted by molar-refractivity contribution is 7.18. The van der Waals surface area contributed by atoms with Gasteiger partial charge < -0.3 is 15.4 Å². The zero-order chi connectivity index (χ0) is 23.9. The van der Waals surface area contributed by atoms with Crippen LogP contribution in [0.2, 0.25) is 0 Å². The molecule has 1 amide bonds. The van der Waals surface area contributed by atoms with E-state index in [1.807, 2.05) is 73.6 Å². The molecule has 7 nitrogen and oxygen atoms in total. The van der Waals surface area contributed by atoms with Crippen LogP contribution in [-0.4, -0.2) is 43.0 Å². The molecule has 2 aromatic carbocycles. The summed E-state index contributed by atoms with van der Waals surface area (Å²) in [5.74, 6) is 1.78. The molecule has 4 rings (SSSR count). The Hall–Kier alpha value is -3.72. The summed E-state index contributed by atoms with van der Waals surface area (Å²) in [5, 5.41) is 2.95. The molecule has 0 radical (unpaired) electrons. The number of carbonyl (C=O) groups excluding carboxylic acids is 1. The number of benzene rings is 2. The van der Waals surface area contributed by atoms with E-state index in [1.54, 1.807) is 23.6 Å². The van der Waals surface area contributed by atoms with E-state index >= 15 is 0 Å². The van der Waals surface area contributed by atoms with E-state index in [2.05, 4.69) is 21.2 Å². The molecule has 8 heteroatoms. The van der Waals surface area contributed by atoms with Crippen LogP contribution in [0, 0.1) is 0 Å². The van der Waals surface area contributed by atoms with Crippen molar-refractivity contribution < 1.29 is 9.53 Å². The average molecular weight is 474 g/mol. The molecule has 174 valence electrons. The van der Waals surface area contributed by atoms with Gasteiger partial charge in [0.15, 0.2) is 0 Å². The summed E-state index contributed by atoms with van der Waals surface area (Å²) in [5.41, 5.74) is 14.7. The van der Waals surface area contributed by atoms with Crippen molar-refractivity contribution in [3.63, 3.8) is 0 Å². The molecule has 0 bridgehead atoms. The molecular weight excluding hydrogens is 446 g/mol. The van der Waals surface area contributed by atoms with Crippen molar-refractivity contribution in [1.29, 1.82) is 0 Å². The minimum atomic E-state index is -0.227. The van der Waals surface area contributed by atoms with Gasteiger partial charge in [-0.3, -0.25) is 10.2 Å². The number of nitrogen functional groups attached to an aromatic ring is 1. The molecule has 4 aromatic rings. The van der Waals surface area contributed by atoms with Crippen LogP contribution in [0.15, 0.2) is 72.3 Å². The number of para-hydroxylation sites is 1. The number of likely N-dealkylation sites (N-methyl/N-ethyl adjacent to an activating group) is 1. The first-order valence-corrected chi connectivity index (χ1v) is 11.7. The molecule has 0 aliphatic carbocycles. The summed E-state index contributed by atoms with van der Waals surface area (Å²) < 4.78 is 6.88. The van der Waals surface area contributed by atoms with Gasteiger partial charge in [0.25, 0.3) is 5.91 Å². The second kappa shape index (κ2) is 10.9. The van der Waals surface area contributed by atoms with Crippen molar-refractivity contribution >= 4 is 39.2 Å². The lowest BCUT2D eigenvalue weighted by Gasteiger charge is -2.10. The van der Waals surface area contributed by atoms with Gasteiger partial charge in [-0.1, -0.05) is 30.3 Å². The summed E-state index contributed by atoms with van der Waals surface area (Å²) in [6.45, 7) is 1.48. The van der Waals surface area contributed by atoms with Gasteiger partial charge >= 0.3 is 0 Å². The molecule has 0 saturated carbocycles. The number of rotatable bonds is 9. The number of hydrogen-bond acceptors (Lipinski definition) is 7. The van der Waals surface area contributed by atoms with E-state index in [1.165, 1.54) is 6.08 Å². The maximum Gasteiger partial charge on any atom is 0.258 e. The zero-order valence-corrected chi connectivity index (χ0v) is 19.9. The topological polar surface area (TPSA) is 92.5 Å². The standard InChI is InChI=1S/C26H27N5O2S/c1-31(2)15-14-29-30-23(32)13-10-19-16-28-26(27)24-22(17-34-25(19)24)18-8-11-21(12-9-18)33-20-6-4-3-5-7-20/h3-13,16-17,29H,14-15H2,1-2H3,(H2,27,28)(H,30,32)/b13-10+. The molecule has 4 N–H and O–H groups in total. The van der Waals surface area contributed by atoms with Crippen LogP contribution < -0.4 is 21.3 Å². The molecule has 0 aliphatic rings. The van der Waals surface area contributed by atoms with Crippen molar-refractivity contribution in [2.45, 2.75) is 0 Å². The fourth-order valence-electron chi connectivity index (χ4n) is 3.38. The number of hydrogen-bond donors (Lipinski definition) is 3. The molecule has 0 aliphatic heterocycles. The smallest absolute Gasteiger partial charge is 0.258 e. The molecular formula is C26H27N5O2S. The van der Waals surface area contributed by atoms with Gasteiger partial charge in [-0.05, 0) is 55.4 Å². The number of pyridine rings is 1. The molecule has 0 unspecified atom stereocenters. The lowest BCUT2D eigenvalue weighted by molar-refractivity contribution is -0.117. The van der Waals surface area contributed by atoms with Crippen molar-refractivity contribution in [1.82, 2.24) is 20.7 Å². The van der Waals surface area contributed by atoms with Gasteiger partial charge in [-0.2, -0.15) is 0 Å². The lowest BCUT2D eigenvalue weighted by atomic mass is 10.0. The predicted octanol–water partition coefficient (Wildman–Crippen LogP) is 4.53. The molecule has 2 heterocycles. The van der Waals surface area contributed by atoms with Crippen LogP contribution in [-0.2, 0) is 4.79 Å². The number of nitrogens with two attached hydrogens (primary N) is 1. The lowest BCUT2D eigenvalue weighted by Crippen LogP contribution is -2.40. The molecule has 0 fully saturated rings. The minimum absolute atomic E-state index is 0.227. The Morgan fingerprint density at radius 3 is 2.59 bits per heavy atom. The number of nitrogens with zero attached hydrogens (tertiary/aromatic N) is 2. The van der Waals surface area contributed by atoms with Gasteiger partial charge in [0.1, 0.15) is 17.3 Å². The highest BCUT2D eigenvalue weighted by Crippen LogP contribution is 2.39. The highest BCUT2D eigenvalue weighted by atomic mass is 32.1. The Morgan fingerprint density at radius 2 is 1.85 bits per heavy atom. The highest BCUT2D eigenvalue weighted by Gasteiger charge is 2.13. The molecule has 0 atom stereocenters. The number of amides is 1. The Balaban J connectivity index is 1.51. The number of anilines is 1. The van der Waals surface area contributed by atoms with Gasteiger partial charge in [-0.25, -0.2) is 10.4 Å². The van der Waals surface area contributed by atoms with E-state index in [0.29, 0.717) is 12.4 Å². The third-order valence-electron chi connectivity index (χ3n) is 5.11. The number of carbonyl (C=O) groups is 1. The van der Waals surface area contributed by atoms with Crippen molar-refractivity contribution in [3.8, 4) is 22.6 Å². The van der Waals surface area contributed by atoms with E-state index in [4.69, 9.17) is 10.5 Å². The second-order valence-electron chi connectivity index (χ2n) is 7.94. The average Bonchev–Trinajstić information content (AvgIpc) is 3.29. The van der Waals surface area contributed by atoms with Crippen LogP contribution in [0.25, 0.3) is 27.3 Å². The summed E-state index contributed by atoms with van der Waals surface area (Å²) in [6.07, 6.45) is 4.94. The second-order valence-corrected chi connectivity index (χ2v) is 8.82. The van der Waals surface area contributed by atoms with Crippen LogP contribution >= 0.6 is 11.3 Å². The first-order valence-electron chi connectivity index (χ1n) is 10.9. The van der Waals surface area contributed by atoms with E-state index in [-0.39, 0.29) is 5.91 Å². The van der Waals surface area contributed by atoms with Gasteiger partial charge in [0.2, 0.25) is 0 Å². The first kappa shape index (κ1) is 23.4. The fraction of sp³-hybridized carbons (Fsp3) is 0.154. The Labute approximate surface area is 202 Å². The largest absolute Gasteiger partial charge is 0.457 e. The van der Waals surface area contributed by atoms with Gasteiger partial charge in [0.05, 0.1) is 0 Å². The van der Waals surface area contributed by atoms with Crippen LogP contribution in [0.3, 0.4) is 0 Å². The number of hydrazine groups is 1. The van der Waals surface area contributed by atoms with E-state index < -0.39 is 0 Å². The molecule has 34 heavy (non-hydrogen) atoms. The third-order valence-corrected chi connectivity index (χ3v) is 6.14. The van der Waals surface area contributed by atoms with E-state index in [0.717, 1.165) is 44.8 Å². The van der Waals surface area contributed by atoms with Crippen LogP contribution in [0.4, 0.5) is 5.82 Å². The molecule has 0 saturated heterocycles. The van der Waals surface area contributed by atoms with Crippen LogP contribution in [0.5, 0.6) is 11.5 Å². The monoisotopic (exact) mass is 473 g/mol. The van der Waals surface area contributed by atoms with Gasteiger partial charge in [0, 0.05) is 46.6 Å². The van der Waals surface area contributed by atoms with Crippen molar-refractivity contribution in [2.24, 2.45) is 0 Å². The zero-order valence-electron chi connectivity index (χ0n) is 19.1. The first-order chi connectivity index (χ1) is 16.5. The maximum atomic E-state index is 12.1. The normalized spacial score (nSPS) is 11.4. The quantitative estimate of drug-likeness (QED) is 0.188. The summed E-state index contributed by atoms with van der Waals surface area (Å²) in [6, 6.07) is 17.6. The number of aromatic nitrogens is 1.